The molecule has 1 saturated heterocycles. The molecule has 0 saturated carbocycles. The number of barbiturate groups is 1. The summed E-state index contributed by atoms with van der Waals surface area (Å²) >= 11 is 3.32. The number of hydrogen-bond donors (Lipinski definition) is 1. The molecule has 0 bridgehead atoms. The molecular weight excluding hydrogens is 548 g/mol. The molecule has 1 aliphatic rings. The molecule has 3 aromatic rings. The summed E-state index contributed by atoms with van der Waals surface area (Å²) in [6.07, 6.45) is 1.20. The van der Waals surface area contributed by atoms with Crippen molar-refractivity contribution in [3.05, 3.63) is 93.0 Å². The van der Waals surface area contributed by atoms with E-state index in [-0.39, 0.29) is 21.8 Å². The minimum Gasteiger partial charge on any atom is -0.378 e. The Morgan fingerprint density at radius 3 is 2.25 bits per heavy atom. The number of benzene rings is 3. The van der Waals surface area contributed by atoms with Crippen LogP contribution >= 0.6 is 15.9 Å². The SMILES string of the molecule is Cc1ccc(S(=O)(=O)Oc2ccc(Br)cc2/C=C2\C(=O)NC(=O)N(c3cc(C)ccc3C)C2=O)cc1. The predicted octanol–water partition coefficient (Wildman–Crippen LogP) is 4.81. The number of urea groups is 1. The van der Waals surface area contributed by atoms with Crippen LogP contribution in [-0.4, -0.2) is 26.3 Å². The van der Waals surface area contributed by atoms with Gasteiger partial charge in [0.1, 0.15) is 16.2 Å². The minimum atomic E-state index is -4.20. The topological polar surface area (TPSA) is 110 Å². The van der Waals surface area contributed by atoms with Gasteiger partial charge >= 0.3 is 16.1 Å². The van der Waals surface area contributed by atoms with Gasteiger partial charge < -0.3 is 4.18 Å². The summed E-state index contributed by atoms with van der Waals surface area (Å²) in [7, 11) is -4.20. The van der Waals surface area contributed by atoms with Crippen LogP contribution in [0.3, 0.4) is 0 Å². The van der Waals surface area contributed by atoms with Crippen molar-refractivity contribution in [3.8, 4) is 5.75 Å². The molecule has 0 radical (unpaired) electrons. The fraction of sp³-hybridized carbons (Fsp3) is 0.115. The maximum absolute atomic E-state index is 13.4. The van der Waals surface area contributed by atoms with Crippen LogP contribution in [0.5, 0.6) is 5.75 Å². The van der Waals surface area contributed by atoms with Gasteiger partial charge in [-0.25, -0.2) is 9.69 Å². The number of imide groups is 2. The standard InChI is InChI=1S/C26H21BrN2O6S/c1-15-5-9-20(10-6-15)36(33,34)35-23-11-8-19(27)13-18(23)14-21-24(30)28-26(32)29(25(21)31)22-12-16(2)4-7-17(22)3/h4-14H,1-3H3,(H,28,30,32)/b21-14+. The number of anilines is 1. The highest BCUT2D eigenvalue weighted by atomic mass is 79.9. The number of nitrogens with one attached hydrogen (secondary N) is 1. The van der Waals surface area contributed by atoms with E-state index in [0.29, 0.717) is 15.7 Å². The van der Waals surface area contributed by atoms with Crippen molar-refractivity contribution in [2.75, 3.05) is 4.90 Å². The average molecular weight is 569 g/mol. The number of aryl methyl sites for hydroxylation is 3. The summed E-state index contributed by atoms with van der Waals surface area (Å²) in [5.41, 5.74) is 2.49. The van der Waals surface area contributed by atoms with Crippen molar-refractivity contribution < 1.29 is 27.0 Å². The fourth-order valence-electron chi connectivity index (χ4n) is 3.57. The number of carbonyl (C=O) groups is 3. The number of amides is 4. The monoisotopic (exact) mass is 568 g/mol. The van der Waals surface area contributed by atoms with Crippen molar-refractivity contribution in [2.45, 2.75) is 25.7 Å². The van der Waals surface area contributed by atoms with E-state index in [4.69, 9.17) is 4.18 Å². The molecule has 184 valence electrons. The lowest BCUT2D eigenvalue weighted by molar-refractivity contribution is -0.122. The van der Waals surface area contributed by atoms with Gasteiger partial charge in [0.05, 0.1) is 5.69 Å². The van der Waals surface area contributed by atoms with E-state index in [2.05, 4.69) is 21.2 Å². The van der Waals surface area contributed by atoms with Gasteiger partial charge in [0, 0.05) is 10.0 Å². The molecule has 0 atom stereocenters. The zero-order chi connectivity index (χ0) is 26.2. The highest BCUT2D eigenvalue weighted by Crippen LogP contribution is 2.31. The molecule has 1 N–H and O–H groups in total. The van der Waals surface area contributed by atoms with Crippen LogP contribution in [0.1, 0.15) is 22.3 Å². The van der Waals surface area contributed by atoms with Crippen molar-refractivity contribution in [2.24, 2.45) is 0 Å². The lowest BCUT2D eigenvalue weighted by atomic mass is 10.0. The molecule has 3 aromatic carbocycles. The van der Waals surface area contributed by atoms with Crippen LogP contribution in [0.2, 0.25) is 0 Å². The summed E-state index contributed by atoms with van der Waals surface area (Å²) in [6, 6.07) is 15.0. The first kappa shape index (κ1) is 25.3. The number of halogens is 1. The first-order chi connectivity index (χ1) is 17.0. The predicted molar refractivity (Wildman–Crippen MR) is 138 cm³/mol. The van der Waals surface area contributed by atoms with E-state index in [1.54, 1.807) is 37.3 Å². The molecule has 4 rings (SSSR count). The quantitative estimate of drug-likeness (QED) is 0.269. The summed E-state index contributed by atoms with van der Waals surface area (Å²) in [6.45, 7) is 5.39. The van der Waals surface area contributed by atoms with Gasteiger partial charge in [-0.1, -0.05) is 45.8 Å². The Bertz CT molecular complexity index is 1550. The second-order valence-electron chi connectivity index (χ2n) is 8.28. The van der Waals surface area contributed by atoms with E-state index in [9.17, 15) is 22.8 Å². The Balaban J connectivity index is 1.77. The van der Waals surface area contributed by atoms with E-state index >= 15 is 0 Å². The normalized spacial score (nSPS) is 15.3. The summed E-state index contributed by atoms with van der Waals surface area (Å²) in [5, 5.41) is 2.18. The van der Waals surface area contributed by atoms with Crippen molar-refractivity contribution in [1.29, 1.82) is 0 Å². The molecule has 0 unspecified atom stereocenters. The maximum atomic E-state index is 13.4. The van der Waals surface area contributed by atoms with Gasteiger partial charge in [0.2, 0.25) is 0 Å². The van der Waals surface area contributed by atoms with Crippen LogP contribution in [0.4, 0.5) is 10.5 Å². The summed E-state index contributed by atoms with van der Waals surface area (Å²) < 4.78 is 31.7. The molecule has 8 nitrogen and oxygen atoms in total. The minimum absolute atomic E-state index is 0.0483. The van der Waals surface area contributed by atoms with E-state index in [1.807, 2.05) is 19.9 Å². The molecule has 1 heterocycles. The van der Waals surface area contributed by atoms with Crippen LogP contribution in [0, 0.1) is 20.8 Å². The third-order valence-electron chi connectivity index (χ3n) is 5.49. The molecule has 36 heavy (non-hydrogen) atoms. The first-order valence-corrected chi connectivity index (χ1v) is 13.0. The zero-order valence-electron chi connectivity index (χ0n) is 19.5. The second kappa shape index (κ2) is 9.71. The lowest BCUT2D eigenvalue weighted by Crippen LogP contribution is -2.54. The molecular formula is C26H21BrN2O6S. The molecule has 1 fully saturated rings. The highest BCUT2D eigenvalue weighted by Gasteiger charge is 2.37. The number of carbonyl (C=O) groups excluding carboxylic acids is 3. The summed E-state index contributed by atoms with van der Waals surface area (Å²) in [5.74, 6) is -1.84. The molecule has 0 aromatic heterocycles. The molecule has 4 amide bonds. The number of nitrogens with zero attached hydrogens (tertiary/aromatic N) is 1. The fourth-order valence-corrected chi connectivity index (χ4v) is 4.90. The third-order valence-corrected chi connectivity index (χ3v) is 7.23. The van der Waals surface area contributed by atoms with Crippen molar-refractivity contribution in [3.63, 3.8) is 0 Å². The van der Waals surface area contributed by atoms with Gasteiger partial charge in [-0.3, -0.25) is 14.9 Å². The van der Waals surface area contributed by atoms with Gasteiger partial charge in [0.25, 0.3) is 11.8 Å². The average Bonchev–Trinajstić information content (AvgIpc) is 2.80. The third kappa shape index (κ3) is 5.09. The van der Waals surface area contributed by atoms with Crippen molar-refractivity contribution >= 4 is 55.7 Å². The van der Waals surface area contributed by atoms with Gasteiger partial charge in [0.15, 0.2) is 0 Å². The van der Waals surface area contributed by atoms with E-state index in [1.165, 1.54) is 30.3 Å². The summed E-state index contributed by atoms with van der Waals surface area (Å²) in [4.78, 5) is 39.5. The van der Waals surface area contributed by atoms with Crippen LogP contribution in [-0.2, 0) is 19.7 Å². The zero-order valence-corrected chi connectivity index (χ0v) is 21.9. The van der Waals surface area contributed by atoms with Gasteiger partial charge in [-0.15, -0.1) is 0 Å². The number of hydrogen-bond acceptors (Lipinski definition) is 6. The van der Waals surface area contributed by atoms with Gasteiger partial charge in [-0.2, -0.15) is 8.42 Å². The second-order valence-corrected chi connectivity index (χ2v) is 10.7. The Labute approximate surface area is 216 Å². The molecule has 0 spiro atoms. The van der Waals surface area contributed by atoms with E-state index < -0.39 is 28.0 Å². The largest absolute Gasteiger partial charge is 0.378 e. The Morgan fingerprint density at radius 1 is 0.889 bits per heavy atom. The Morgan fingerprint density at radius 2 is 1.56 bits per heavy atom. The highest BCUT2D eigenvalue weighted by molar-refractivity contribution is 9.10. The Hall–Kier alpha value is -3.76. The maximum Gasteiger partial charge on any atom is 0.339 e. The van der Waals surface area contributed by atoms with Crippen LogP contribution in [0.25, 0.3) is 6.08 Å². The Kier molecular flexibility index (Phi) is 6.83. The first-order valence-electron chi connectivity index (χ1n) is 10.8. The van der Waals surface area contributed by atoms with Crippen LogP contribution < -0.4 is 14.4 Å². The van der Waals surface area contributed by atoms with Crippen molar-refractivity contribution in [1.82, 2.24) is 5.32 Å². The van der Waals surface area contributed by atoms with Gasteiger partial charge in [-0.05, 0) is 74.4 Å². The molecule has 1 aliphatic heterocycles. The lowest BCUT2D eigenvalue weighted by Gasteiger charge is -2.28. The smallest absolute Gasteiger partial charge is 0.339 e. The molecule has 0 aliphatic carbocycles. The number of rotatable bonds is 5. The van der Waals surface area contributed by atoms with E-state index in [0.717, 1.165) is 16.0 Å². The van der Waals surface area contributed by atoms with Crippen LogP contribution in [0.15, 0.2) is 75.6 Å². The molecule has 10 heteroatoms.